The van der Waals surface area contributed by atoms with Gasteiger partial charge in [-0.3, -0.25) is 4.79 Å². The molecule has 36 heavy (non-hydrogen) atoms. The molecule has 0 bridgehead atoms. The van der Waals surface area contributed by atoms with E-state index in [2.05, 4.69) is 15.6 Å². The molecule has 9 heteroatoms. The Labute approximate surface area is 210 Å². The van der Waals surface area contributed by atoms with Crippen molar-refractivity contribution in [3.05, 3.63) is 78.1 Å². The Kier molecular flexibility index (Phi) is 6.92. The van der Waals surface area contributed by atoms with Crippen LogP contribution in [0.5, 0.6) is 0 Å². The molecule has 0 saturated carbocycles. The van der Waals surface area contributed by atoms with Crippen LogP contribution in [0.1, 0.15) is 23.2 Å². The van der Waals surface area contributed by atoms with E-state index < -0.39 is 17.9 Å². The molecule has 2 heterocycles. The van der Waals surface area contributed by atoms with Crippen LogP contribution in [-0.4, -0.2) is 41.2 Å². The van der Waals surface area contributed by atoms with Gasteiger partial charge in [0.25, 0.3) is 5.91 Å². The zero-order valence-electron chi connectivity index (χ0n) is 19.2. The zero-order chi connectivity index (χ0) is 25.1. The van der Waals surface area contributed by atoms with Crippen molar-refractivity contribution in [1.29, 1.82) is 0 Å². The monoisotopic (exact) mass is 505 g/mol. The molecule has 0 spiro atoms. The number of fused-ring (bicyclic) bond motifs is 1. The summed E-state index contributed by atoms with van der Waals surface area (Å²) in [5.74, 6) is -1.86. The van der Waals surface area contributed by atoms with Gasteiger partial charge in [0.05, 0.1) is 10.2 Å². The van der Waals surface area contributed by atoms with Crippen LogP contribution in [0.15, 0.2) is 66.7 Å². The van der Waals surface area contributed by atoms with Gasteiger partial charge in [-0.2, -0.15) is 0 Å². The third-order valence-corrected chi connectivity index (χ3v) is 7.19. The van der Waals surface area contributed by atoms with Crippen LogP contribution in [0.4, 0.5) is 15.2 Å². The lowest BCUT2D eigenvalue weighted by Gasteiger charge is -2.28. The van der Waals surface area contributed by atoms with Crippen molar-refractivity contribution in [2.45, 2.75) is 18.9 Å². The maximum Gasteiger partial charge on any atom is 0.326 e. The van der Waals surface area contributed by atoms with Crippen molar-refractivity contribution in [1.82, 2.24) is 10.3 Å². The van der Waals surface area contributed by atoms with E-state index in [-0.39, 0.29) is 11.7 Å². The number of hydrogen-bond acceptors (Lipinski definition) is 6. The van der Waals surface area contributed by atoms with E-state index in [1.807, 2.05) is 36.4 Å². The molecule has 0 radical (unpaired) electrons. The zero-order valence-corrected chi connectivity index (χ0v) is 20.1. The van der Waals surface area contributed by atoms with Crippen molar-refractivity contribution < 1.29 is 23.8 Å². The predicted octanol–water partition coefficient (Wildman–Crippen LogP) is 5.46. The molecular formula is C27H24FN3O4S. The Morgan fingerprint density at radius 1 is 1.00 bits per heavy atom. The SMILES string of the molecule is O=C(NC(C(=O)O)C1CCOCC1)c1ccc(-c2ccc(Nc3nc4ccc(F)cc4s3)cc2)cc1. The maximum absolute atomic E-state index is 13.4. The number of rotatable bonds is 7. The number of carbonyl (C=O) groups is 2. The van der Waals surface area contributed by atoms with E-state index in [0.717, 1.165) is 27.0 Å². The molecule has 1 aliphatic rings. The highest BCUT2D eigenvalue weighted by molar-refractivity contribution is 7.22. The minimum Gasteiger partial charge on any atom is -0.480 e. The number of ether oxygens (including phenoxy) is 1. The van der Waals surface area contributed by atoms with Crippen molar-refractivity contribution >= 4 is 44.2 Å². The normalized spacial score (nSPS) is 14.9. The highest BCUT2D eigenvalue weighted by Crippen LogP contribution is 2.30. The summed E-state index contributed by atoms with van der Waals surface area (Å²) >= 11 is 1.38. The number of carboxylic acid groups (broad SMARTS) is 1. The fourth-order valence-electron chi connectivity index (χ4n) is 4.29. The highest BCUT2D eigenvalue weighted by Gasteiger charge is 2.31. The van der Waals surface area contributed by atoms with Gasteiger partial charge < -0.3 is 20.5 Å². The Morgan fingerprint density at radius 3 is 2.33 bits per heavy atom. The number of nitrogens with one attached hydrogen (secondary N) is 2. The van der Waals surface area contributed by atoms with Crippen molar-refractivity contribution in [2.75, 3.05) is 18.5 Å². The molecular weight excluding hydrogens is 481 g/mol. The number of benzene rings is 3. The lowest BCUT2D eigenvalue weighted by atomic mass is 9.91. The summed E-state index contributed by atoms with van der Waals surface area (Å²) in [6.45, 7) is 1.02. The van der Waals surface area contributed by atoms with E-state index in [1.54, 1.807) is 18.2 Å². The van der Waals surface area contributed by atoms with Gasteiger partial charge in [0.15, 0.2) is 5.13 Å². The highest BCUT2D eigenvalue weighted by atomic mass is 32.1. The molecule has 1 unspecified atom stereocenters. The number of thiazole rings is 1. The van der Waals surface area contributed by atoms with Crippen LogP contribution in [0, 0.1) is 11.7 Å². The van der Waals surface area contributed by atoms with Crippen LogP contribution >= 0.6 is 11.3 Å². The van der Waals surface area contributed by atoms with Gasteiger partial charge in [-0.25, -0.2) is 14.2 Å². The quantitative estimate of drug-likeness (QED) is 0.309. The van der Waals surface area contributed by atoms with Gasteiger partial charge in [0.2, 0.25) is 0 Å². The Balaban J connectivity index is 1.24. The molecule has 1 fully saturated rings. The fourth-order valence-corrected chi connectivity index (χ4v) is 5.20. The number of halogens is 1. The standard InChI is InChI=1S/C27H24FN3O4S/c28-20-7-10-22-23(15-20)36-27(30-22)29-21-8-5-17(6-9-21)16-1-3-19(4-2-16)25(32)31-24(26(33)34)18-11-13-35-14-12-18/h1-10,15,18,24H,11-14H2,(H,29,30)(H,31,32)(H,33,34). The number of anilines is 2. The maximum atomic E-state index is 13.4. The van der Waals surface area contributed by atoms with Gasteiger partial charge in [-0.05, 0) is 72.4 Å². The molecule has 1 aromatic heterocycles. The van der Waals surface area contributed by atoms with Crippen molar-refractivity contribution in [3.63, 3.8) is 0 Å². The van der Waals surface area contributed by atoms with E-state index in [4.69, 9.17) is 4.74 Å². The van der Waals surface area contributed by atoms with Crippen LogP contribution in [0.25, 0.3) is 21.3 Å². The Morgan fingerprint density at radius 2 is 1.67 bits per heavy atom. The second kappa shape index (κ2) is 10.4. The molecule has 3 aromatic carbocycles. The smallest absolute Gasteiger partial charge is 0.326 e. The summed E-state index contributed by atoms with van der Waals surface area (Å²) in [6.07, 6.45) is 1.22. The lowest BCUT2D eigenvalue weighted by Crippen LogP contribution is -2.47. The summed E-state index contributed by atoms with van der Waals surface area (Å²) in [7, 11) is 0. The average Bonchev–Trinajstić information content (AvgIpc) is 3.29. The van der Waals surface area contributed by atoms with Gasteiger partial charge in [-0.1, -0.05) is 35.6 Å². The number of nitrogens with zero attached hydrogens (tertiary/aromatic N) is 1. The van der Waals surface area contributed by atoms with Crippen LogP contribution in [0.2, 0.25) is 0 Å². The van der Waals surface area contributed by atoms with E-state index >= 15 is 0 Å². The number of aromatic nitrogens is 1. The Hall–Kier alpha value is -3.82. The first kappa shape index (κ1) is 23.9. The topological polar surface area (TPSA) is 101 Å². The predicted molar refractivity (Wildman–Crippen MR) is 137 cm³/mol. The first-order valence-electron chi connectivity index (χ1n) is 11.6. The third kappa shape index (κ3) is 5.37. The molecule has 3 N–H and O–H groups in total. The summed E-state index contributed by atoms with van der Waals surface area (Å²) < 4.78 is 19.5. The Bertz CT molecular complexity index is 1380. The number of amides is 1. The van der Waals surface area contributed by atoms with Crippen molar-refractivity contribution in [3.8, 4) is 11.1 Å². The van der Waals surface area contributed by atoms with E-state index in [1.165, 1.54) is 23.5 Å². The minimum absolute atomic E-state index is 0.143. The molecule has 7 nitrogen and oxygen atoms in total. The molecule has 184 valence electrons. The van der Waals surface area contributed by atoms with Crippen LogP contribution in [0.3, 0.4) is 0 Å². The summed E-state index contributed by atoms with van der Waals surface area (Å²) in [5, 5.41) is 16.2. The largest absolute Gasteiger partial charge is 0.480 e. The van der Waals surface area contributed by atoms with Crippen LogP contribution in [-0.2, 0) is 9.53 Å². The summed E-state index contributed by atoms with van der Waals surface area (Å²) in [6, 6.07) is 18.4. The van der Waals surface area contributed by atoms with E-state index in [9.17, 15) is 19.1 Å². The molecule has 5 rings (SSSR count). The number of hydrogen-bond donors (Lipinski definition) is 3. The van der Waals surface area contributed by atoms with Gasteiger partial charge in [-0.15, -0.1) is 0 Å². The van der Waals surface area contributed by atoms with Gasteiger partial charge in [0, 0.05) is 24.5 Å². The fraction of sp³-hybridized carbons (Fsp3) is 0.222. The summed E-state index contributed by atoms with van der Waals surface area (Å²) in [5.41, 5.74) is 3.88. The van der Waals surface area contributed by atoms with Gasteiger partial charge >= 0.3 is 5.97 Å². The minimum atomic E-state index is -1.03. The second-order valence-electron chi connectivity index (χ2n) is 8.65. The molecule has 0 aliphatic carbocycles. The molecule has 1 saturated heterocycles. The molecule has 1 amide bonds. The number of carboxylic acids is 1. The summed E-state index contributed by atoms with van der Waals surface area (Å²) in [4.78, 5) is 28.9. The number of aliphatic carboxylic acids is 1. The number of carbonyl (C=O) groups excluding carboxylic acids is 1. The molecule has 1 aliphatic heterocycles. The third-order valence-electron chi connectivity index (χ3n) is 6.26. The van der Waals surface area contributed by atoms with Gasteiger partial charge in [0.1, 0.15) is 11.9 Å². The second-order valence-corrected chi connectivity index (χ2v) is 9.68. The average molecular weight is 506 g/mol. The first-order chi connectivity index (χ1) is 17.5. The van der Waals surface area contributed by atoms with E-state index in [0.29, 0.717) is 36.8 Å². The first-order valence-corrected chi connectivity index (χ1v) is 12.4. The molecule has 4 aromatic rings. The molecule has 1 atom stereocenters. The lowest BCUT2D eigenvalue weighted by molar-refractivity contribution is -0.141. The van der Waals surface area contributed by atoms with Crippen molar-refractivity contribution in [2.24, 2.45) is 5.92 Å². The van der Waals surface area contributed by atoms with Crippen LogP contribution < -0.4 is 10.6 Å².